The van der Waals surface area contributed by atoms with E-state index >= 15 is 0 Å². The van der Waals surface area contributed by atoms with Crippen LogP contribution in [-0.4, -0.2) is 40.0 Å². The highest BCUT2D eigenvalue weighted by molar-refractivity contribution is 14.1. The summed E-state index contributed by atoms with van der Waals surface area (Å²) >= 11 is 10.4. The third kappa shape index (κ3) is 3.11. The van der Waals surface area contributed by atoms with Crippen LogP contribution in [0.1, 0.15) is 37.3 Å². The average molecular weight is 398 g/mol. The normalized spacial score (nSPS) is 21.6. The smallest absolute Gasteiger partial charge is 0.148 e. The fourth-order valence-electron chi connectivity index (χ4n) is 1.94. The van der Waals surface area contributed by atoms with Crippen molar-refractivity contribution in [3.63, 3.8) is 0 Å². The van der Waals surface area contributed by atoms with Gasteiger partial charge in [-0.3, -0.25) is 4.90 Å². The fraction of sp³-hybridized carbons (Fsp3) is 0.667. The Balaban J connectivity index is 2.38. The summed E-state index contributed by atoms with van der Waals surface area (Å²) in [6, 6.07) is 0.288. The van der Waals surface area contributed by atoms with Crippen molar-refractivity contribution in [2.75, 3.05) is 25.1 Å². The molecule has 2 rings (SSSR count). The molecule has 1 aromatic rings. The number of nitrogens with zero attached hydrogens (tertiary/aromatic N) is 3. The molecule has 3 nitrogen and oxygen atoms in total. The number of hydrogen-bond acceptors (Lipinski definition) is 4. The van der Waals surface area contributed by atoms with Crippen molar-refractivity contribution in [1.82, 2.24) is 14.9 Å². The van der Waals surface area contributed by atoms with Crippen molar-refractivity contribution < 1.29 is 0 Å². The molecule has 1 aromatic heterocycles. The van der Waals surface area contributed by atoms with E-state index < -0.39 is 0 Å². The second-order valence-corrected chi connectivity index (χ2v) is 7.38. The first-order valence-electron chi connectivity index (χ1n) is 6.01. The summed E-state index contributed by atoms with van der Waals surface area (Å²) in [7, 11) is 2.13. The van der Waals surface area contributed by atoms with E-state index in [1.807, 2.05) is 11.8 Å². The molecule has 0 amide bonds. The van der Waals surface area contributed by atoms with Crippen molar-refractivity contribution in [1.29, 1.82) is 0 Å². The summed E-state index contributed by atoms with van der Waals surface area (Å²) < 4.78 is 0.985. The maximum atomic E-state index is 6.25. The van der Waals surface area contributed by atoms with E-state index in [1.165, 1.54) is 5.75 Å². The van der Waals surface area contributed by atoms with Gasteiger partial charge in [0.05, 0.1) is 15.3 Å². The van der Waals surface area contributed by atoms with Crippen LogP contribution in [0.3, 0.4) is 0 Å². The van der Waals surface area contributed by atoms with Gasteiger partial charge in [0.2, 0.25) is 0 Å². The van der Waals surface area contributed by atoms with Gasteiger partial charge in [-0.15, -0.1) is 0 Å². The second kappa shape index (κ2) is 6.24. The molecule has 0 radical (unpaired) electrons. The van der Waals surface area contributed by atoms with E-state index in [0.29, 0.717) is 11.1 Å². The molecule has 1 aliphatic rings. The molecule has 1 saturated heterocycles. The van der Waals surface area contributed by atoms with Gasteiger partial charge in [-0.1, -0.05) is 25.4 Å². The largest absolute Gasteiger partial charge is 0.295 e. The highest BCUT2D eigenvalue weighted by Gasteiger charge is 2.25. The van der Waals surface area contributed by atoms with E-state index in [4.69, 9.17) is 16.6 Å². The fourth-order valence-corrected chi connectivity index (χ4v) is 4.20. The Labute approximate surface area is 131 Å². The van der Waals surface area contributed by atoms with Crippen LogP contribution >= 0.6 is 46.0 Å². The average Bonchev–Trinajstić information content (AvgIpc) is 2.33. The van der Waals surface area contributed by atoms with Crippen LogP contribution < -0.4 is 0 Å². The molecule has 0 saturated carbocycles. The highest BCUT2D eigenvalue weighted by Crippen LogP contribution is 2.30. The lowest BCUT2D eigenvalue weighted by molar-refractivity contribution is 0.264. The summed E-state index contributed by atoms with van der Waals surface area (Å²) in [5.74, 6) is 3.48. The van der Waals surface area contributed by atoms with Gasteiger partial charge < -0.3 is 0 Å². The van der Waals surface area contributed by atoms with E-state index in [1.54, 1.807) is 0 Å². The summed E-state index contributed by atoms with van der Waals surface area (Å²) in [5.41, 5.74) is 1.06. The summed E-state index contributed by atoms with van der Waals surface area (Å²) in [6.07, 6.45) is 0. The lowest BCUT2D eigenvalue weighted by Gasteiger charge is -2.31. The van der Waals surface area contributed by atoms with Crippen LogP contribution in [0, 0.1) is 3.57 Å². The SMILES string of the molecule is CC(C)c1nc(C2CSCCN2C)nc(Cl)c1I. The summed E-state index contributed by atoms with van der Waals surface area (Å²) in [5, 5.41) is 0.591. The monoisotopic (exact) mass is 397 g/mol. The van der Waals surface area contributed by atoms with Crippen molar-refractivity contribution in [2.24, 2.45) is 0 Å². The standard InChI is InChI=1S/C12H17ClIN3S/c1-7(2)10-9(14)11(13)16-12(15-10)8-6-18-5-4-17(8)3/h7-8H,4-6H2,1-3H3. The number of halogens is 2. The number of aromatic nitrogens is 2. The molecule has 18 heavy (non-hydrogen) atoms. The summed E-state index contributed by atoms with van der Waals surface area (Å²) in [4.78, 5) is 11.5. The van der Waals surface area contributed by atoms with Gasteiger partial charge in [0, 0.05) is 18.1 Å². The van der Waals surface area contributed by atoms with Crippen molar-refractivity contribution in [3.8, 4) is 0 Å². The van der Waals surface area contributed by atoms with Crippen LogP contribution in [0.25, 0.3) is 0 Å². The first-order chi connectivity index (χ1) is 8.50. The van der Waals surface area contributed by atoms with Gasteiger partial charge in [-0.05, 0) is 35.6 Å². The Hall–Kier alpha value is 0.410. The maximum Gasteiger partial charge on any atom is 0.148 e. The van der Waals surface area contributed by atoms with Crippen LogP contribution in [0.2, 0.25) is 5.15 Å². The van der Waals surface area contributed by atoms with Gasteiger partial charge in [-0.2, -0.15) is 11.8 Å². The van der Waals surface area contributed by atoms with Gasteiger partial charge in [-0.25, -0.2) is 9.97 Å². The van der Waals surface area contributed by atoms with Gasteiger partial charge >= 0.3 is 0 Å². The van der Waals surface area contributed by atoms with Crippen LogP contribution in [0.15, 0.2) is 0 Å². The van der Waals surface area contributed by atoms with E-state index in [9.17, 15) is 0 Å². The molecule has 1 unspecified atom stereocenters. The number of rotatable bonds is 2. The third-order valence-corrected chi connectivity index (χ3v) is 5.77. The minimum Gasteiger partial charge on any atom is -0.295 e. The molecular weight excluding hydrogens is 381 g/mol. The molecule has 0 aliphatic carbocycles. The predicted octanol–water partition coefficient (Wildman–Crippen LogP) is 3.58. The maximum absolute atomic E-state index is 6.25. The first-order valence-corrected chi connectivity index (χ1v) is 8.62. The second-order valence-electron chi connectivity index (χ2n) is 4.80. The Morgan fingerprint density at radius 1 is 1.44 bits per heavy atom. The zero-order valence-corrected chi connectivity index (χ0v) is 14.5. The van der Waals surface area contributed by atoms with Gasteiger partial charge in [0.25, 0.3) is 0 Å². The van der Waals surface area contributed by atoms with E-state index in [-0.39, 0.29) is 6.04 Å². The molecule has 1 aliphatic heterocycles. The molecular formula is C12H17ClIN3S. The van der Waals surface area contributed by atoms with Crippen molar-refractivity contribution in [3.05, 3.63) is 20.2 Å². The topological polar surface area (TPSA) is 29.0 Å². The molecule has 1 atom stereocenters. The van der Waals surface area contributed by atoms with E-state index in [0.717, 1.165) is 27.4 Å². The molecule has 0 aromatic carbocycles. The zero-order chi connectivity index (χ0) is 13.3. The Morgan fingerprint density at radius 2 is 2.17 bits per heavy atom. The molecule has 0 N–H and O–H groups in total. The van der Waals surface area contributed by atoms with Crippen molar-refractivity contribution >= 4 is 46.0 Å². The van der Waals surface area contributed by atoms with Crippen LogP contribution in [0.5, 0.6) is 0 Å². The Kier molecular flexibility index (Phi) is 5.13. The van der Waals surface area contributed by atoms with Gasteiger partial charge in [0.1, 0.15) is 11.0 Å². The van der Waals surface area contributed by atoms with Gasteiger partial charge in [0.15, 0.2) is 0 Å². The molecule has 1 fully saturated rings. The molecule has 0 bridgehead atoms. The molecule has 100 valence electrons. The quantitative estimate of drug-likeness (QED) is 0.563. The molecule has 0 spiro atoms. The molecule has 2 heterocycles. The Morgan fingerprint density at radius 3 is 2.78 bits per heavy atom. The lowest BCUT2D eigenvalue weighted by Crippen LogP contribution is -2.34. The highest BCUT2D eigenvalue weighted by atomic mass is 127. The predicted molar refractivity (Wildman–Crippen MR) is 86.5 cm³/mol. The zero-order valence-electron chi connectivity index (χ0n) is 10.8. The first kappa shape index (κ1) is 14.8. The third-order valence-electron chi connectivity index (χ3n) is 3.09. The Bertz CT molecular complexity index is 442. The minimum absolute atomic E-state index is 0.288. The van der Waals surface area contributed by atoms with Crippen molar-refractivity contribution in [2.45, 2.75) is 25.8 Å². The van der Waals surface area contributed by atoms with E-state index in [2.05, 4.69) is 53.4 Å². The summed E-state index contributed by atoms with van der Waals surface area (Å²) in [6.45, 7) is 5.37. The number of thioether (sulfide) groups is 1. The lowest BCUT2D eigenvalue weighted by atomic mass is 10.1. The minimum atomic E-state index is 0.288. The van der Waals surface area contributed by atoms with Crippen LogP contribution in [0.4, 0.5) is 0 Å². The number of hydrogen-bond donors (Lipinski definition) is 0. The molecule has 6 heteroatoms. The van der Waals surface area contributed by atoms with Crippen LogP contribution in [-0.2, 0) is 0 Å².